The zero-order valence-electron chi connectivity index (χ0n) is 12.6. The molecule has 1 aromatic heterocycles. The Balaban J connectivity index is 2.23. The van der Waals surface area contributed by atoms with Crippen molar-refractivity contribution in [2.24, 2.45) is 0 Å². The molecule has 1 heterocycles. The molecule has 5 nitrogen and oxygen atoms in total. The largest absolute Gasteiger partial charge is 0.496 e. The minimum absolute atomic E-state index is 0.00157. The fraction of sp³-hybridized carbons (Fsp3) is 0.235. The van der Waals surface area contributed by atoms with E-state index in [1.54, 1.807) is 17.9 Å². The van der Waals surface area contributed by atoms with Gasteiger partial charge in [-0.25, -0.2) is 0 Å². The van der Waals surface area contributed by atoms with Gasteiger partial charge in [-0.15, -0.1) is 0 Å². The minimum Gasteiger partial charge on any atom is -0.496 e. The van der Waals surface area contributed by atoms with E-state index in [9.17, 15) is 9.90 Å². The molecule has 0 saturated carbocycles. The molecule has 6 heteroatoms. The number of methoxy groups -OCH3 is 1. The predicted molar refractivity (Wildman–Crippen MR) is 93.1 cm³/mol. The molecule has 1 unspecified atom stereocenters. The van der Waals surface area contributed by atoms with Gasteiger partial charge in [0.15, 0.2) is 0 Å². The van der Waals surface area contributed by atoms with Crippen molar-refractivity contribution < 1.29 is 9.84 Å². The fourth-order valence-corrected chi connectivity index (χ4v) is 3.21. The number of halogens is 1. The molecule has 0 bridgehead atoms. The number of aliphatic hydroxyl groups excluding tert-OH is 1. The number of aliphatic hydroxyl groups is 1. The van der Waals surface area contributed by atoms with E-state index in [4.69, 9.17) is 4.74 Å². The highest BCUT2D eigenvalue weighted by atomic mass is 79.9. The summed E-state index contributed by atoms with van der Waals surface area (Å²) >= 11 is 3.45. The third kappa shape index (κ3) is 2.92. The average Bonchev–Trinajstić information content (AvgIpc) is 2.88. The van der Waals surface area contributed by atoms with Crippen LogP contribution in [0.1, 0.15) is 18.0 Å². The number of hydrogen-bond acceptors (Lipinski definition) is 3. The maximum absolute atomic E-state index is 12.2. The zero-order valence-corrected chi connectivity index (χ0v) is 14.2. The van der Waals surface area contributed by atoms with Crippen molar-refractivity contribution in [3.05, 3.63) is 62.9 Å². The lowest BCUT2D eigenvalue weighted by Gasteiger charge is -2.21. The maximum atomic E-state index is 12.2. The molecule has 3 rings (SSSR count). The molecule has 0 aliphatic heterocycles. The summed E-state index contributed by atoms with van der Waals surface area (Å²) in [5.41, 5.74) is 1.55. The molecule has 0 aliphatic carbocycles. The van der Waals surface area contributed by atoms with Gasteiger partial charge in [0.25, 0.3) is 5.56 Å². The number of nitrogens with zero attached hydrogens (tertiary/aromatic N) is 1. The second-order valence-electron chi connectivity index (χ2n) is 5.24. The summed E-state index contributed by atoms with van der Waals surface area (Å²) in [6, 6.07) is 12.9. The van der Waals surface area contributed by atoms with Crippen LogP contribution < -0.4 is 10.3 Å². The number of aromatic amines is 1. The van der Waals surface area contributed by atoms with E-state index in [-0.39, 0.29) is 18.2 Å². The molecular weight excluding hydrogens is 360 g/mol. The quantitative estimate of drug-likeness (QED) is 0.718. The molecule has 1 atom stereocenters. The number of fused-ring (bicyclic) bond motifs is 1. The van der Waals surface area contributed by atoms with E-state index in [0.717, 1.165) is 21.3 Å². The monoisotopic (exact) mass is 376 g/mol. The van der Waals surface area contributed by atoms with Gasteiger partial charge in [-0.05, 0) is 30.7 Å². The van der Waals surface area contributed by atoms with Crippen molar-refractivity contribution in [2.45, 2.75) is 12.5 Å². The van der Waals surface area contributed by atoms with Gasteiger partial charge in [-0.1, -0.05) is 34.1 Å². The molecule has 0 saturated heterocycles. The van der Waals surface area contributed by atoms with Crippen LogP contribution in [0.4, 0.5) is 0 Å². The molecule has 0 amide bonds. The lowest BCUT2D eigenvalue weighted by Crippen LogP contribution is -2.17. The van der Waals surface area contributed by atoms with Gasteiger partial charge >= 0.3 is 0 Å². The summed E-state index contributed by atoms with van der Waals surface area (Å²) < 4.78 is 8.13. The van der Waals surface area contributed by atoms with E-state index >= 15 is 0 Å². The highest BCUT2D eigenvalue weighted by Crippen LogP contribution is 2.32. The van der Waals surface area contributed by atoms with Crippen molar-refractivity contribution in [3.63, 3.8) is 0 Å². The number of H-pyrrole nitrogens is 1. The van der Waals surface area contributed by atoms with Gasteiger partial charge < -0.3 is 9.84 Å². The second-order valence-corrected chi connectivity index (χ2v) is 6.16. The van der Waals surface area contributed by atoms with Crippen LogP contribution in [0.3, 0.4) is 0 Å². The third-order valence-electron chi connectivity index (χ3n) is 3.90. The van der Waals surface area contributed by atoms with E-state index in [1.807, 2.05) is 36.4 Å². The van der Waals surface area contributed by atoms with Gasteiger partial charge in [-0.3, -0.25) is 14.6 Å². The predicted octanol–water partition coefficient (Wildman–Crippen LogP) is 3.07. The molecule has 0 radical (unpaired) electrons. The minimum atomic E-state index is -0.226. The first-order valence-electron chi connectivity index (χ1n) is 7.29. The van der Waals surface area contributed by atoms with Gasteiger partial charge in [0, 0.05) is 16.6 Å². The molecular formula is C17H17BrN2O3. The molecule has 0 fully saturated rings. The Morgan fingerprint density at radius 1 is 1.30 bits per heavy atom. The maximum Gasteiger partial charge on any atom is 0.271 e. The fourth-order valence-electron chi connectivity index (χ4n) is 2.86. The first-order valence-corrected chi connectivity index (χ1v) is 8.08. The number of hydrogen-bond donors (Lipinski definition) is 2. The average molecular weight is 377 g/mol. The number of para-hydroxylation sites is 1. The molecule has 120 valence electrons. The smallest absolute Gasteiger partial charge is 0.271 e. The standard InChI is InChI=1S/C17H17BrN2O3/c1-23-16-5-3-2-4-12(16)14(8-9-21)20-15-10-11(18)6-7-13(15)17(22)19-20/h2-7,10,14,21H,8-9H2,1H3,(H,19,22). The Bertz CT molecular complexity index is 885. The van der Waals surface area contributed by atoms with Gasteiger partial charge in [0.2, 0.25) is 0 Å². The van der Waals surface area contributed by atoms with Gasteiger partial charge in [0.05, 0.1) is 24.1 Å². The van der Waals surface area contributed by atoms with E-state index < -0.39 is 0 Å². The molecule has 0 aliphatic rings. The second kappa shape index (κ2) is 6.60. The number of benzene rings is 2. The molecule has 2 N–H and O–H groups in total. The Morgan fingerprint density at radius 3 is 2.83 bits per heavy atom. The van der Waals surface area contributed by atoms with Gasteiger partial charge in [-0.2, -0.15) is 0 Å². The summed E-state index contributed by atoms with van der Waals surface area (Å²) in [6.45, 7) is -0.00157. The summed E-state index contributed by atoms with van der Waals surface area (Å²) in [6.07, 6.45) is 0.465. The molecule has 3 aromatic rings. The number of ether oxygens (including phenoxy) is 1. The summed E-state index contributed by atoms with van der Waals surface area (Å²) in [5, 5.41) is 13.0. The summed E-state index contributed by atoms with van der Waals surface area (Å²) in [4.78, 5) is 12.2. The number of rotatable bonds is 5. The highest BCUT2D eigenvalue weighted by molar-refractivity contribution is 9.10. The number of aromatic nitrogens is 2. The van der Waals surface area contributed by atoms with Gasteiger partial charge in [0.1, 0.15) is 5.75 Å². The van der Waals surface area contributed by atoms with Crippen LogP contribution in [0.25, 0.3) is 10.9 Å². The SMILES string of the molecule is COc1ccccc1C(CCO)n1[nH]c(=O)c2ccc(Br)cc21. The van der Waals surface area contributed by atoms with Crippen molar-refractivity contribution in [1.82, 2.24) is 9.78 Å². The van der Waals surface area contributed by atoms with Crippen molar-refractivity contribution in [1.29, 1.82) is 0 Å². The van der Waals surface area contributed by atoms with Crippen molar-refractivity contribution in [3.8, 4) is 5.75 Å². The molecule has 23 heavy (non-hydrogen) atoms. The zero-order chi connectivity index (χ0) is 16.4. The Labute approximate surface area is 141 Å². The van der Waals surface area contributed by atoms with E-state index in [2.05, 4.69) is 21.0 Å². The van der Waals surface area contributed by atoms with Crippen molar-refractivity contribution in [2.75, 3.05) is 13.7 Å². The van der Waals surface area contributed by atoms with Crippen LogP contribution in [-0.2, 0) is 0 Å². The molecule has 2 aromatic carbocycles. The van der Waals surface area contributed by atoms with Crippen LogP contribution in [0.2, 0.25) is 0 Å². The topological polar surface area (TPSA) is 67.2 Å². The van der Waals surface area contributed by atoms with E-state index in [0.29, 0.717) is 11.8 Å². The Hall–Kier alpha value is -2.05. The lowest BCUT2D eigenvalue weighted by molar-refractivity contribution is 0.263. The van der Waals surface area contributed by atoms with Crippen molar-refractivity contribution >= 4 is 26.8 Å². The Kier molecular flexibility index (Phi) is 4.54. The third-order valence-corrected chi connectivity index (χ3v) is 4.39. The summed E-state index contributed by atoms with van der Waals surface area (Å²) in [5.74, 6) is 0.726. The van der Waals surface area contributed by atoms with Crippen LogP contribution in [0.5, 0.6) is 5.75 Å². The van der Waals surface area contributed by atoms with E-state index in [1.165, 1.54) is 0 Å². The first kappa shape index (κ1) is 15.8. The highest BCUT2D eigenvalue weighted by Gasteiger charge is 2.21. The normalized spacial score (nSPS) is 12.5. The lowest BCUT2D eigenvalue weighted by atomic mass is 10.0. The molecule has 0 spiro atoms. The van der Waals surface area contributed by atoms with Crippen LogP contribution in [0, 0.1) is 0 Å². The van der Waals surface area contributed by atoms with Crippen LogP contribution in [-0.4, -0.2) is 28.6 Å². The number of nitrogens with one attached hydrogen (secondary N) is 1. The Morgan fingerprint density at radius 2 is 2.09 bits per heavy atom. The first-order chi connectivity index (χ1) is 11.2. The summed E-state index contributed by atoms with van der Waals surface area (Å²) in [7, 11) is 1.61. The van der Waals surface area contributed by atoms with Crippen LogP contribution in [0.15, 0.2) is 51.7 Å². The van der Waals surface area contributed by atoms with Crippen LogP contribution >= 0.6 is 15.9 Å².